The Balaban J connectivity index is 1.92. The van der Waals surface area contributed by atoms with Gasteiger partial charge >= 0.3 is 0 Å². The molecule has 1 fully saturated rings. The van der Waals surface area contributed by atoms with Crippen molar-refractivity contribution in [2.24, 2.45) is 0 Å². The van der Waals surface area contributed by atoms with Gasteiger partial charge in [0, 0.05) is 23.5 Å². The van der Waals surface area contributed by atoms with Gasteiger partial charge in [-0.25, -0.2) is 4.98 Å². The minimum absolute atomic E-state index is 0.153. The number of nitrogens with zero attached hydrogens (tertiary/aromatic N) is 3. The molecule has 0 aromatic carbocycles. The van der Waals surface area contributed by atoms with Crippen molar-refractivity contribution in [2.75, 3.05) is 5.32 Å². The SMILES string of the molecule is CC(CC#N)Nc1nc(C2CC2)ns1. The quantitative estimate of drug-likeness (QED) is 0.823. The van der Waals surface area contributed by atoms with E-state index in [4.69, 9.17) is 5.26 Å². The van der Waals surface area contributed by atoms with E-state index >= 15 is 0 Å². The molecule has 0 aliphatic heterocycles. The minimum atomic E-state index is 0.153. The van der Waals surface area contributed by atoms with Gasteiger partial charge in [-0.1, -0.05) is 0 Å². The number of aromatic nitrogens is 2. The molecule has 1 heterocycles. The Labute approximate surface area is 87.1 Å². The zero-order chi connectivity index (χ0) is 9.97. The van der Waals surface area contributed by atoms with E-state index in [0.29, 0.717) is 12.3 Å². The Hall–Kier alpha value is -1.15. The van der Waals surface area contributed by atoms with E-state index in [-0.39, 0.29) is 6.04 Å². The largest absolute Gasteiger partial charge is 0.357 e. The summed E-state index contributed by atoms with van der Waals surface area (Å²) in [5.41, 5.74) is 0. The van der Waals surface area contributed by atoms with Crippen LogP contribution in [0.5, 0.6) is 0 Å². The number of anilines is 1. The van der Waals surface area contributed by atoms with E-state index in [1.807, 2.05) is 6.92 Å². The molecule has 14 heavy (non-hydrogen) atoms. The third-order valence-electron chi connectivity index (χ3n) is 2.15. The van der Waals surface area contributed by atoms with Gasteiger partial charge in [0.15, 0.2) is 0 Å². The Morgan fingerprint density at radius 3 is 3.14 bits per heavy atom. The van der Waals surface area contributed by atoms with E-state index in [1.54, 1.807) is 0 Å². The van der Waals surface area contributed by atoms with Crippen molar-refractivity contribution in [1.29, 1.82) is 5.26 Å². The third-order valence-corrected chi connectivity index (χ3v) is 2.81. The van der Waals surface area contributed by atoms with Crippen LogP contribution >= 0.6 is 11.5 Å². The van der Waals surface area contributed by atoms with Crippen molar-refractivity contribution in [3.05, 3.63) is 5.82 Å². The monoisotopic (exact) mass is 208 g/mol. The van der Waals surface area contributed by atoms with Crippen LogP contribution in [-0.4, -0.2) is 15.4 Å². The lowest BCUT2D eigenvalue weighted by atomic mass is 10.3. The molecule has 1 saturated carbocycles. The van der Waals surface area contributed by atoms with Crippen LogP contribution in [0.1, 0.15) is 37.9 Å². The van der Waals surface area contributed by atoms with Gasteiger partial charge < -0.3 is 5.32 Å². The third kappa shape index (κ3) is 2.20. The predicted octanol–water partition coefficient (Wildman–Crippen LogP) is 2.13. The fourth-order valence-corrected chi connectivity index (χ4v) is 1.96. The standard InChI is InChI=1S/C9H12N4S/c1-6(4-5-10)11-9-12-8(13-14-9)7-2-3-7/h6-7H,2-4H2,1H3,(H,11,12,13). The van der Waals surface area contributed by atoms with Crippen molar-refractivity contribution < 1.29 is 0 Å². The highest BCUT2D eigenvalue weighted by atomic mass is 32.1. The van der Waals surface area contributed by atoms with Crippen molar-refractivity contribution in [3.63, 3.8) is 0 Å². The first-order valence-electron chi connectivity index (χ1n) is 4.76. The molecule has 4 nitrogen and oxygen atoms in total. The Morgan fingerprint density at radius 1 is 1.71 bits per heavy atom. The highest BCUT2D eigenvalue weighted by Crippen LogP contribution is 2.39. The summed E-state index contributed by atoms with van der Waals surface area (Å²) in [7, 11) is 0. The van der Waals surface area contributed by atoms with Crippen LogP contribution in [0.3, 0.4) is 0 Å². The average Bonchev–Trinajstić information content (AvgIpc) is 2.89. The summed E-state index contributed by atoms with van der Waals surface area (Å²) >= 11 is 1.39. The fraction of sp³-hybridized carbons (Fsp3) is 0.667. The molecule has 0 radical (unpaired) electrons. The summed E-state index contributed by atoms with van der Waals surface area (Å²) in [4.78, 5) is 4.38. The van der Waals surface area contributed by atoms with Gasteiger partial charge in [0.2, 0.25) is 5.13 Å². The van der Waals surface area contributed by atoms with Crippen LogP contribution in [-0.2, 0) is 0 Å². The van der Waals surface area contributed by atoms with Crippen molar-refractivity contribution in [2.45, 2.75) is 38.1 Å². The highest BCUT2D eigenvalue weighted by molar-refractivity contribution is 7.09. The van der Waals surface area contributed by atoms with Crippen molar-refractivity contribution in [1.82, 2.24) is 9.36 Å². The Kier molecular flexibility index (Phi) is 2.64. The molecule has 2 rings (SSSR count). The van der Waals surface area contributed by atoms with Crippen molar-refractivity contribution >= 4 is 16.7 Å². The first-order chi connectivity index (χ1) is 6.79. The van der Waals surface area contributed by atoms with Crippen LogP contribution < -0.4 is 5.32 Å². The number of nitrogens with one attached hydrogen (secondary N) is 1. The molecular formula is C9H12N4S. The molecule has 5 heteroatoms. The molecule has 1 aromatic rings. The van der Waals surface area contributed by atoms with Crippen LogP contribution in [0, 0.1) is 11.3 Å². The van der Waals surface area contributed by atoms with Gasteiger partial charge in [0.25, 0.3) is 0 Å². The molecule has 1 atom stereocenters. The van der Waals surface area contributed by atoms with E-state index in [1.165, 1.54) is 24.4 Å². The molecule has 0 amide bonds. The normalized spacial score (nSPS) is 17.4. The first-order valence-corrected chi connectivity index (χ1v) is 5.54. The summed E-state index contributed by atoms with van der Waals surface area (Å²) in [6, 6.07) is 2.28. The van der Waals surface area contributed by atoms with Crippen molar-refractivity contribution in [3.8, 4) is 6.07 Å². The lowest BCUT2D eigenvalue weighted by Gasteiger charge is -2.06. The fourth-order valence-electron chi connectivity index (χ4n) is 1.20. The van der Waals surface area contributed by atoms with E-state index in [0.717, 1.165) is 11.0 Å². The first kappa shape index (κ1) is 9.41. The lowest BCUT2D eigenvalue weighted by molar-refractivity contribution is 0.816. The summed E-state index contributed by atoms with van der Waals surface area (Å²) in [5, 5.41) is 12.5. The summed E-state index contributed by atoms with van der Waals surface area (Å²) < 4.78 is 4.28. The Bertz CT molecular complexity index is 350. The summed E-state index contributed by atoms with van der Waals surface area (Å²) in [6.45, 7) is 1.97. The predicted molar refractivity (Wildman–Crippen MR) is 55.2 cm³/mol. The Morgan fingerprint density at radius 2 is 2.50 bits per heavy atom. The molecule has 1 aromatic heterocycles. The maximum absolute atomic E-state index is 8.50. The summed E-state index contributed by atoms with van der Waals surface area (Å²) in [6.07, 6.45) is 2.95. The summed E-state index contributed by atoms with van der Waals surface area (Å²) in [5.74, 6) is 1.58. The number of nitriles is 1. The smallest absolute Gasteiger partial charge is 0.202 e. The topological polar surface area (TPSA) is 61.6 Å². The lowest BCUT2D eigenvalue weighted by Crippen LogP contribution is -2.13. The van der Waals surface area contributed by atoms with Gasteiger partial charge in [-0.05, 0) is 19.8 Å². The molecule has 0 saturated heterocycles. The average molecular weight is 208 g/mol. The zero-order valence-corrected chi connectivity index (χ0v) is 8.84. The van der Waals surface area contributed by atoms with Gasteiger partial charge in [-0.2, -0.15) is 9.64 Å². The van der Waals surface area contributed by atoms with Crippen LogP contribution in [0.2, 0.25) is 0 Å². The van der Waals surface area contributed by atoms with Gasteiger partial charge in [-0.15, -0.1) is 0 Å². The molecule has 1 aliphatic carbocycles. The molecular weight excluding hydrogens is 196 g/mol. The molecule has 74 valence electrons. The van der Waals surface area contributed by atoms with Gasteiger partial charge in [0.1, 0.15) is 5.82 Å². The van der Waals surface area contributed by atoms with E-state index < -0.39 is 0 Å². The van der Waals surface area contributed by atoms with Crippen LogP contribution in [0.25, 0.3) is 0 Å². The number of rotatable bonds is 4. The maximum Gasteiger partial charge on any atom is 0.202 e. The second-order valence-electron chi connectivity index (χ2n) is 3.64. The van der Waals surface area contributed by atoms with Gasteiger partial charge in [-0.3, -0.25) is 0 Å². The second-order valence-corrected chi connectivity index (χ2v) is 4.39. The molecule has 1 aliphatic rings. The zero-order valence-electron chi connectivity index (χ0n) is 8.03. The molecule has 0 bridgehead atoms. The van der Waals surface area contributed by atoms with Crippen LogP contribution in [0.15, 0.2) is 0 Å². The molecule has 1 unspecified atom stereocenters. The van der Waals surface area contributed by atoms with Gasteiger partial charge in [0.05, 0.1) is 12.5 Å². The van der Waals surface area contributed by atoms with E-state index in [2.05, 4.69) is 20.7 Å². The maximum atomic E-state index is 8.50. The highest BCUT2D eigenvalue weighted by Gasteiger charge is 2.27. The molecule has 0 spiro atoms. The molecule has 1 N–H and O–H groups in total. The minimum Gasteiger partial charge on any atom is -0.357 e. The second kappa shape index (κ2) is 3.93. The number of hydrogen-bond acceptors (Lipinski definition) is 5. The number of hydrogen-bond donors (Lipinski definition) is 1. The van der Waals surface area contributed by atoms with E-state index in [9.17, 15) is 0 Å². The van der Waals surface area contributed by atoms with Crippen LogP contribution in [0.4, 0.5) is 5.13 Å².